The van der Waals surface area contributed by atoms with E-state index in [0.717, 1.165) is 22.6 Å². The van der Waals surface area contributed by atoms with Gasteiger partial charge in [0.1, 0.15) is 4.70 Å². The van der Waals surface area contributed by atoms with Crippen LogP contribution in [0.4, 0.5) is 5.69 Å². The second kappa shape index (κ2) is 4.90. The minimum atomic E-state index is -0.226. The average molecular weight is 285 g/mol. The molecule has 0 saturated carbocycles. The summed E-state index contributed by atoms with van der Waals surface area (Å²) in [7, 11) is 0. The lowest BCUT2D eigenvalue weighted by Gasteiger charge is -2.03. The molecule has 0 bridgehead atoms. The number of benzene rings is 1. The van der Waals surface area contributed by atoms with Crippen molar-refractivity contribution in [3.63, 3.8) is 0 Å². The molecule has 2 aromatic heterocycles. The van der Waals surface area contributed by atoms with E-state index in [4.69, 9.17) is 0 Å². The highest BCUT2D eigenvalue weighted by Gasteiger charge is 2.18. The summed E-state index contributed by atoms with van der Waals surface area (Å²) in [5.41, 5.74) is 1.81. The van der Waals surface area contributed by atoms with Crippen LogP contribution in [0.1, 0.15) is 15.2 Å². The largest absolute Gasteiger partial charge is 0.321 e. The number of hydrogen-bond donors (Lipinski definition) is 2. The summed E-state index contributed by atoms with van der Waals surface area (Å²) in [6.07, 6.45) is 1.35. The molecule has 6 heteroatoms. The molecular formula is C14H11N3O2S. The molecule has 0 aliphatic rings. The number of anilines is 1. The average Bonchev–Trinajstić information content (AvgIpc) is 2.79. The summed E-state index contributed by atoms with van der Waals surface area (Å²) < 4.78 is 0.475. The number of rotatable bonds is 2. The van der Waals surface area contributed by atoms with Crippen molar-refractivity contribution in [2.24, 2.45) is 0 Å². The number of aromatic amines is 1. The molecular weight excluding hydrogens is 274 g/mol. The Labute approximate surface area is 118 Å². The summed E-state index contributed by atoms with van der Waals surface area (Å²) in [5.74, 6) is -0.226. The zero-order valence-corrected chi connectivity index (χ0v) is 11.5. The lowest BCUT2D eigenvalue weighted by Crippen LogP contribution is -2.11. The van der Waals surface area contributed by atoms with Gasteiger partial charge in [-0.2, -0.15) is 0 Å². The van der Waals surface area contributed by atoms with Crippen LogP contribution >= 0.6 is 11.3 Å². The fourth-order valence-electron chi connectivity index (χ4n) is 1.96. The summed E-state index contributed by atoms with van der Waals surface area (Å²) in [6.45, 7) is 1.80. The standard InChI is InChI=1S/C14H11N3O2S/c1-8-10-12(13(18)16-7-15-10)20-11(8)14(19)17-9-5-3-2-4-6-9/h2-7H,1H3,(H,17,19)(H,15,16,18). The predicted octanol–water partition coefficient (Wildman–Crippen LogP) is 2.55. The van der Waals surface area contributed by atoms with Crippen LogP contribution in [-0.2, 0) is 0 Å². The molecule has 0 aliphatic heterocycles. The highest BCUT2D eigenvalue weighted by molar-refractivity contribution is 7.21. The summed E-state index contributed by atoms with van der Waals surface area (Å²) in [5, 5.41) is 2.81. The predicted molar refractivity (Wildman–Crippen MR) is 79.4 cm³/mol. The summed E-state index contributed by atoms with van der Waals surface area (Å²) in [4.78, 5) is 31.1. The number of fused-ring (bicyclic) bond motifs is 1. The number of H-pyrrole nitrogens is 1. The minimum absolute atomic E-state index is 0.220. The normalized spacial score (nSPS) is 10.7. The molecule has 20 heavy (non-hydrogen) atoms. The number of aromatic nitrogens is 2. The smallest absolute Gasteiger partial charge is 0.268 e. The number of para-hydroxylation sites is 1. The molecule has 0 radical (unpaired) electrons. The molecule has 3 rings (SSSR count). The monoisotopic (exact) mass is 285 g/mol. The molecule has 3 aromatic rings. The van der Waals surface area contributed by atoms with Gasteiger partial charge in [0.15, 0.2) is 0 Å². The lowest BCUT2D eigenvalue weighted by atomic mass is 10.2. The van der Waals surface area contributed by atoms with E-state index in [2.05, 4.69) is 15.3 Å². The van der Waals surface area contributed by atoms with Crippen LogP contribution in [0.5, 0.6) is 0 Å². The van der Waals surface area contributed by atoms with Gasteiger partial charge in [-0.15, -0.1) is 11.3 Å². The Hall–Kier alpha value is -2.47. The van der Waals surface area contributed by atoms with Crippen LogP contribution in [0.2, 0.25) is 0 Å². The van der Waals surface area contributed by atoms with Crippen LogP contribution in [0.25, 0.3) is 10.2 Å². The minimum Gasteiger partial charge on any atom is -0.321 e. The van der Waals surface area contributed by atoms with Gasteiger partial charge in [-0.05, 0) is 24.6 Å². The van der Waals surface area contributed by atoms with Gasteiger partial charge in [-0.3, -0.25) is 9.59 Å². The summed E-state index contributed by atoms with van der Waals surface area (Å²) in [6, 6.07) is 9.19. The Bertz CT molecular complexity index is 836. The van der Waals surface area contributed by atoms with E-state index >= 15 is 0 Å². The number of carbonyl (C=O) groups excluding carboxylic acids is 1. The number of nitrogens with zero attached hydrogens (tertiary/aromatic N) is 1. The zero-order chi connectivity index (χ0) is 14.1. The van der Waals surface area contributed by atoms with Crippen LogP contribution in [0.3, 0.4) is 0 Å². The van der Waals surface area contributed by atoms with Gasteiger partial charge in [0.05, 0.1) is 16.7 Å². The van der Waals surface area contributed by atoms with Crippen molar-refractivity contribution in [3.05, 3.63) is 57.5 Å². The van der Waals surface area contributed by atoms with Crippen molar-refractivity contribution in [1.29, 1.82) is 0 Å². The molecule has 0 atom stereocenters. The Balaban J connectivity index is 2.02. The Morgan fingerprint density at radius 2 is 2.05 bits per heavy atom. The van der Waals surface area contributed by atoms with Gasteiger partial charge in [0.2, 0.25) is 0 Å². The van der Waals surface area contributed by atoms with Gasteiger partial charge < -0.3 is 10.3 Å². The molecule has 2 N–H and O–H groups in total. The van der Waals surface area contributed by atoms with E-state index in [0.29, 0.717) is 15.1 Å². The van der Waals surface area contributed by atoms with Gasteiger partial charge in [0.25, 0.3) is 11.5 Å². The first-order chi connectivity index (χ1) is 9.66. The van der Waals surface area contributed by atoms with Gasteiger partial charge in [-0.25, -0.2) is 4.98 Å². The maximum Gasteiger partial charge on any atom is 0.268 e. The number of thiophene rings is 1. The molecule has 5 nitrogen and oxygen atoms in total. The van der Waals surface area contributed by atoms with Gasteiger partial charge in [0, 0.05) is 5.69 Å². The van der Waals surface area contributed by atoms with Crippen LogP contribution < -0.4 is 10.9 Å². The molecule has 100 valence electrons. The summed E-state index contributed by atoms with van der Waals surface area (Å²) >= 11 is 1.16. The first kappa shape index (κ1) is 12.6. The fraction of sp³-hybridized carbons (Fsp3) is 0.0714. The first-order valence-electron chi connectivity index (χ1n) is 6.00. The van der Waals surface area contributed by atoms with Crippen LogP contribution in [0.15, 0.2) is 41.5 Å². The number of amides is 1. The van der Waals surface area contributed by atoms with E-state index in [-0.39, 0.29) is 11.5 Å². The number of nitrogens with one attached hydrogen (secondary N) is 2. The first-order valence-corrected chi connectivity index (χ1v) is 6.81. The Morgan fingerprint density at radius 3 is 2.75 bits per heavy atom. The van der Waals surface area contributed by atoms with Crippen LogP contribution in [-0.4, -0.2) is 15.9 Å². The SMILES string of the molecule is Cc1c(C(=O)Nc2ccccc2)sc2c(=O)[nH]cnc12. The van der Waals surface area contributed by atoms with Gasteiger partial charge in [-0.1, -0.05) is 18.2 Å². The van der Waals surface area contributed by atoms with Gasteiger partial charge >= 0.3 is 0 Å². The van der Waals surface area contributed by atoms with Crippen molar-refractivity contribution >= 4 is 33.1 Å². The third-order valence-corrected chi connectivity index (χ3v) is 4.23. The third kappa shape index (κ3) is 2.10. The zero-order valence-electron chi connectivity index (χ0n) is 10.6. The van der Waals surface area contributed by atoms with Crippen molar-refractivity contribution < 1.29 is 4.79 Å². The molecule has 0 fully saturated rings. The van der Waals surface area contributed by atoms with Crippen molar-refractivity contribution in [3.8, 4) is 0 Å². The topological polar surface area (TPSA) is 74.8 Å². The molecule has 0 unspecified atom stereocenters. The van der Waals surface area contributed by atoms with E-state index in [9.17, 15) is 9.59 Å². The molecule has 2 heterocycles. The molecule has 1 amide bonds. The van der Waals surface area contributed by atoms with Crippen molar-refractivity contribution in [1.82, 2.24) is 9.97 Å². The number of hydrogen-bond acceptors (Lipinski definition) is 4. The van der Waals surface area contributed by atoms with E-state index in [1.807, 2.05) is 30.3 Å². The van der Waals surface area contributed by atoms with Crippen molar-refractivity contribution in [2.75, 3.05) is 5.32 Å². The lowest BCUT2D eigenvalue weighted by molar-refractivity contribution is 0.103. The maximum absolute atomic E-state index is 12.3. The maximum atomic E-state index is 12.3. The fourth-order valence-corrected chi connectivity index (χ4v) is 3.01. The molecule has 0 aliphatic carbocycles. The number of carbonyl (C=O) groups is 1. The molecule has 1 aromatic carbocycles. The molecule has 0 saturated heterocycles. The molecule has 0 spiro atoms. The third-order valence-electron chi connectivity index (χ3n) is 2.95. The Morgan fingerprint density at radius 1 is 1.30 bits per heavy atom. The highest BCUT2D eigenvalue weighted by Crippen LogP contribution is 2.27. The number of aryl methyl sites for hydroxylation is 1. The second-order valence-corrected chi connectivity index (χ2v) is 5.31. The quantitative estimate of drug-likeness (QED) is 0.759. The Kier molecular flexibility index (Phi) is 3.08. The van der Waals surface area contributed by atoms with Crippen LogP contribution in [0, 0.1) is 6.92 Å². The van der Waals surface area contributed by atoms with E-state index < -0.39 is 0 Å². The highest BCUT2D eigenvalue weighted by atomic mass is 32.1. The van der Waals surface area contributed by atoms with E-state index in [1.165, 1.54) is 6.33 Å². The van der Waals surface area contributed by atoms with Crippen molar-refractivity contribution in [2.45, 2.75) is 6.92 Å². The van der Waals surface area contributed by atoms with E-state index in [1.54, 1.807) is 6.92 Å². The second-order valence-electron chi connectivity index (χ2n) is 4.29.